The molecule has 0 spiro atoms. The first-order valence-electron chi connectivity index (χ1n) is 12.0. The Balaban J connectivity index is 1.81. The zero-order chi connectivity index (χ0) is 24.9. The Morgan fingerprint density at radius 1 is 1.14 bits per heavy atom. The molecular weight excluding hydrogens is 443 g/mol. The maximum Gasteiger partial charge on any atom is 0.183 e. The van der Waals surface area contributed by atoms with Gasteiger partial charge < -0.3 is 9.84 Å². The fourth-order valence-corrected chi connectivity index (χ4v) is 3.60. The Morgan fingerprint density at radius 2 is 1.97 bits per heavy atom. The van der Waals surface area contributed by atoms with Crippen molar-refractivity contribution in [2.45, 2.75) is 52.0 Å². The molecule has 3 aromatic heterocycles. The van der Waals surface area contributed by atoms with Gasteiger partial charge in [0, 0.05) is 12.6 Å². The highest BCUT2D eigenvalue weighted by Crippen LogP contribution is 2.25. The van der Waals surface area contributed by atoms with Gasteiger partial charge in [-0.1, -0.05) is 87.7 Å². The lowest BCUT2D eigenvalue weighted by Crippen LogP contribution is -2.07. The molecule has 1 N–H and O–H groups in total. The number of allylic oxidation sites excluding steroid dienone is 6. The number of nitrogens with zero attached hydrogens (tertiary/aromatic N) is 5. The average Bonchev–Trinajstić information content (AvgIpc) is 3.53. The molecule has 0 amide bonds. The minimum absolute atomic E-state index is 0.183. The van der Waals surface area contributed by atoms with Crippen molar-refractivity contribution in [2.75, 3.05) is 11.9 Å². The number of rotatable bonds is 15. The normalized spacial score (nSPS) is 11.8. The highest BCUT2D eigenvalue weighted by Gasteiger charge is 2.17. The fourth-order valence-electron chi connectivity index (χ4n) is 3.60. The molecule has 0 fully saturated rings. The summed E-state index contributed by atoms with van der Waals surface area (Å²) in [7, 11) is 0. The number of aromatic nitrogens is 5. The maximum absolute atomic E-state index is 14.4. The van der Waals surface area contributed by atoms with Crippen molar-refractivity contribution in [3.05, 3.63) is 79.5 Å². The van der Waals surface area contributed by atoms with E-state index in [-0.39, 0.29) is 5.82 Å². The average molecular weight is 477 g/mol. The summed E-state index contributed by atoms with van der Waals surface area (Å²) in [5, 5.41) is 11.9. The highest BCUT2D eigenvalue weighted by atomic mass is 19.1. The van der Waals surface area contributed by atoms with Gasteiger partial charge in [-0.25, -0.2) is 14.4 Å². The van der Waals surface area contributed by atoms with Crippen molar-refractivity contribution >= 4 is 5.82 Å². The van der Waals surface area contributed by atoms with Crippen molar-refractivity contribution in [1.29, 1.82) is 0 Å². The van der Waals surface area contributed by atoms with Crippen LogP contribution in [-0.2, 0) is 6.54 Å². The summed E-state index contributed by atoms with van der Waals surface area (Å²) in [4.78, 5) is 8.60. The van der Waals surface area contributed by atoms with Crippen LogP contribution in [-0.4, -0.2) is 31.4 Å². The van der Waals surface area contributed by atoms with Crippen LogP contribution in [0.1, 0.15) is 45.4 Å². The molecule has 0 atom stereocenters. The number of unbranched alkanes of at least 4 members (excludes halogenated alkanes) is 5. The molecule has 0 aliphatic heterocycles. The van der Waals surface area contributed by atoms with Crippen LogP contribution in [0, 0.1) is 5.82 Å². The summed E-state index contributed by atoms with van der Waals surface area (Å²) in [6, 6.07) is 3.58. The second kappa shape index (κ2) is 13.8. The quantitative estimate of drug-likeness (QED) is 0.193. The van der Waals surface area contributed by atoms with E-state index < -0.39 is 5.82 Å². The van der Waals surface area contributed by atoms with Gasteiger partial charge in [0.25, 0.3) is 0 Å². The van der Waals surface area contributed by atoms with Crippen LogP contribution in [0.3, 0.4) is 0 Å². The molecule has 3 rings (SSSR count). The third-order valence-corrected chi connectivity index (χ3v) is 5.39. The lowest BCUT2D eigenvalue weighted by atomic mass is 10.1. The van der Waals surface area contributed by atoms with E-state index in [1.807, 2.05) is 24.3 Å². The van der Waals surface area contributed by atoms with Crippen molar-refractivity contribution < 1.29 is 8.91 Å². The zero-order valence-electron chi connectivity index (χ0n) is 20.3. The van der Waals surface area contributed by atoms with E-state index in [4.69, 9.17) is 9.62 Å². The molecule has 184 valence electrons. The molecule has 0 saturated carbocycles. The Bertz CT molecular complexity index is 1150. The number of hydrogen-bond donors (Lipinski definition) is 1. The summed E-state index contributed by atoms with van der Waals surface area (Å²) in [5.74, 6) is 0.0279. The first-order chi connectivity index (χ1) is 17.2. The van der Waals surface area contributed by atoms with Crippen LogP contribution < -0.4 is 5.32 Å². The minimum atomic E-state index is -0.485. The Kier molecular flexibility index (Phi) is 10.2. The van der Waals surface area contributed by atoms with E-state index in [1.54, 1.807) is 22.9 Å². The molecule has 0 aliphatic carbocycles. The smallest absolute Gasteiger partial charge is 0.183 e. The molecule has 3 aromatic rings. The summed E-state index contributed by atoms with van der Waals surface area (Å²) in [6.45, 7) is 10.8. The molecule has 0 saturated heterocycles. The SMILES string of the molecule is C=C/C=C\C(=C/C=C)Cn1nc(-c2ncc(F)c(NCCCCCCCC)n2)cc1-c1ccon1. The fraction of sp³-hybridized carbons (Fsp3) is 0.333. The van der Waals surface area contributed by atoms with Gasteiger partial charge >= 0.3 is 0 Å². The van der Waals surface area contributed by atoms with Gasteiger partial charge in [0.2, 0.25) is 0 Å². The van der Waals surface area contributed by atoms with Gasteiger partial charge in [-0.2, -0.15) is 5.10 Å². The topological polar surface area (TPSA) is 81.7 Å². The van der Waals surface area contributed by atoms with Gasteiger partial charge in [0.15, 0.2) is 17.5 Å². The number of halogens is 1. The van der Waals surface area contributed by atoms with E-state index in [1.165, 1.54) is 38.1 Å². The summed E-state index contributed by atoms with van der Waals surface area (Å²) in [5.41, 5.74) is 2.82. The third kappa shape index (κ3) is 7.60. The molecule has 0 aromatic carbocycles. The minimum Gasteiger partial charge on any atom is -0.368 e. The highest BCUT2D eigenvalue weighted by molar-refractivity contribution is 5.63. The lowest BCUT2D eigenvalue weighted by molar-refractivity contribution is 0.421. The van der Waals surface area contributed by atoms with Crippen LogP contribution in [0.4, 0.5) is 10.2 Å². The van der Waals surface area contributed by atoms with Crippen LogP contribution >= 0.6 is 0 Å². The van der Waals surface area contributed by atoms with Crippen molar-refractivity contribution in [1.82, 2.24) is 24.9 Å². The van der Waals surface area contributed by atoms with E-state index in [0.717, 1.165) is 24.1 Å². The molecule has 0 radical (unpaired) electrons. The molecule has 0 bridgehead atoms. The summed E-state index contributed by atoms with van der Waals surface area (Å²) in [6.07, 6.45) is 18.8. The standard InChI is InChI=1S/C27H33FN6O/c1-4-7-9-10-11-12-16-29-26-22(28)19-30-27(31-26)24-18-25(23-15-17-35-33-23)34(32-24)20-21(13-6-3)14-8-5-2/h5-6,8,13-15,17-19H,2-4,7,9-12,16,20H2,1H3,(H,29,30,31)/b14-8-,21-13+. The maximum atomic E-state index is 14.4. The first kappa shape index (κ1) is 25.8. The largest absolute Gasteiger partial charge is 0.368 e. The molecule has 0 aliphatic rings. The van der Waals surface area contributed by atoms with Gasteiger partial charge in [0.1, 0.15) is 17.7 Å². The van der Waals surface area contributed by atoms with Crippen molar-refractivity contribution in [3.63, 3.8) is 0 Å². The summed E-state index contributed by atoms with van der Waals surface area (Å²) >= 11 is 0. The van der Waals surface area contributed by atoms with Crippen molar-refractivity contribution in [3.8, 4) is 22.9 Å². The Labute approximate surface area is 206 Å². The van der Waals surface area contributed by atoms with E-state index in [9.17, 15) is 4.39 Å². The molecule has 7 nitrogen and oxygen atoms in total. The van der Waals surface area contributed by atoms with Crippen LogP contribution in [0.2, 0.25) is 0 Å². The third-order valence-electron chi connectivity index (χ3n) is 5.39. The second-order valence-corrected chi connectivity index (χ2v) is 8.11. The number of anilines is 1. The molecule has 8 heteroatoms. The van der Waals surface area contributed by atoms with Gasteiger partial charge in [0.05, 0.1) is 18.4 Å². The second-order valence-electron chi connectivity index (χ2n) is 8.11. The Hall–Kier alpha value is -3.81. The first-order valence-corrected chi connectivity index (χ1v) is 12.0. The summed E-state index contributed by atoms with van der Waals surface area (Å²) < 4.78 is 21.2. The molecule has 3 heterocycles. The van der Waals surface area contributed by atoms with E-state index >= 15 is 0 Å². The number of nitrogens with one attached hydrogen (secondary N) is 1. The Morgan fingerprint density at radius 3 is 2.71 bits per heavy atom. The van der Waals surface area contributed by atoms with E-state index in [2.05, 4.69) is 40.5 Å². The zero-order valence-corrected chi connectivity index (χ0v) is 20.3. The van der Waals surface area contributed by atoms with Gasteiger partial charge in [-0.3, -0.25) is 4.68 Å². The molecule has 35 heavy (non-hydrogen) atoms. The monoisotopic (exact) mass is 476 g/mol. The molecular formula is C27H33FN6O. The predicted octanol–water partition coefficient (Wildman–Crippen LogP) is 6.76. The van der Waals surface area contributed by atoms with Crippen molar-refractivity contribution in [2.24, 2.45) is 0 Å². The van der Waals surface area contributed by atoms with Crippen LogP contribution in [0.5, 0.6) is 0 Å². The van der Waals surface area contributed by atoms with Gasteiger partial charge in [-0.15, -0.1) is 0 Å². The molecule has 0 unspecified atom stereocenters. The predicted molar refractivity (Wildman–Crippen MR) is 138 cm³/mol. The van der Waals surface area contributed by atoms with E-state index in [0.29, 0.717) is 30.3 Å². The number of hydrogen-bond acceptors (Lipinski definition) is 6. The van der Waals surface area contributed by atoms with Crippen LogP contribution in [0.25, 0.3) is 22.9 Å². The lowest BCUT2D eigenvalue weighted by Gasteiger charge is -2.08. The van der Waals surface area contributed by atoms with Gasteiger partial charge in [-0.05, 0) is 18.1 Å². The van der Waals surface area contributed by atoms with Crippen LogP contribution in [0.15, 0.2) is 78.2 Å².